The van der Waals surface area contributed by atoms with Gasteiger partial charge in [0.2, 0.25) is 0 Å². The van der Waals surface area contributed by atoms with Gasteiger partial charge in [-0.3, -0.25) is 9.18 Å². The van der Waals surface area contributed by atoms with Crippen molar-refractivity contribution in [3.8, 4) is 0 Å². The van der Waals surface area contributed by atoms with Crippen molar-refractivity contribution in [3.63, 3.8) is 0 Å². The molecular weight excluding hydrogens is 448 g/mol. The Morgan fingerprint density at radius 1 is 1.36 bits per heavy atom. The molecule has 4 heterocycles. The predicted molar refractivity (Wildman–Crippen MR) is 124 cm³/mol. The van der Waals surface area contributed by atoms with Crippen LogP contribution < -0.4 is 21.7 Å². The van der Waals surface area contributed by atoms with Crippen molar-refractivity contribution in [1.29, 1.82) is 0 Å². The van der Waals surface area contributed by atoms with Crippen molar-refractivity contribution in [3.05, 3.63) is 39.9 Å². The molecule has 1 aliphatic heterocycles. The zero-order chi connectivity index (χ0) is 23.3. The number of fused-ring (bicyclic) bond motifs is 2. The van der Waals surface area contributed by atoms with Gasteiger partial charge >= 0.3 is 0 Å². The average Bonchev–Trinajstić information content (AvgIpc) is 3.33. The van der Waals surface area contributed by atoms with E-state index in [1.54, 1.807) is 6.20 Å². The molecule has 0 radical (unpaired) electrons. The molecule has 8 nitrogen and oxygen atoms in total. The Hall–Kier alpha value is -2.92. The maximum atomic E-state index is 15.0. The third kappa shape index (κ3) is 3.99. The van der Waals surface area contributed by atoms with Gasteiger partial charge in [0.1, 0.15) is 26.9 Å². The Morgan fingerprint density at radius 3 is 2.94 bits per heavy atom. The Bertz CT molecular complexity index is 1230. The number of anilines is 2. The van der Waals surface area contributed by atoms with E-state index in [0.29, 0.717) is 70.3 Å². The Labute approximate surface area is 193 Å². The first kappa shape index (κ1) is 21.9. The molecule has 0 saturated carbocycles. The van der Waals surface area contributed by atoms with Gasteiger partial charge < -0.3 is 21.7 Å². The highest BCUT2D eigenvalue weighted by Gasteiger charge is 2.33. The summed E-state index contributed by atoms with van der Waals surface area (Å²) in [5, 5.41) is 2.98. The topological polar surface area (TPSA) is 123 Å². The van der Waals surface area contributed by atoms with Gasteiger partial charge in [0, 0.05) is 54.6 Å². The van der Waals surface area contributed by atoms with E-state index < -0.39 is 6.67 Å². The zero-order valence-corrected chi connectivity index (χ0v) is 19.0. The monoisotopic (exact) mass is 473 g/mol. The fourth-order valence-electron chi connectivity index (χ4n) is 4.58. The van der Waals surface area contributed by atoms with Crippen molar-refractivity contribution in [2.75, 3.05) is 30.4 Å². The number of amides is 1. The summed E-state index contributed by atoms with van der Waals surface area (Å²) in [5.74, 6) is -0.442. The fourth-order valence-corrected chi connectivity index (χ4v) is 5.58. The van der Waals surface area contributed by atoms with Crippen LogP contribution in [-0.2, 0) is 12.8 Å². The largest absolute Gasteiger partial charge is 0.396 e. The normalized spacial score (nSPS) is 22.5. The second kappa shape index (κ2) is 8.45. The molecule has 3 aromatic heterocycles. The molecule has 33 heavy (non-hydrogen) atoms. The minimum Gasteiger partial charge on any atom is -0.396 e. The summed E-state index contributed by atoms with van der Waals surface area (Å²) in [7, 11) is 0. The molecule has 11 heteroatoms. The van der Waals surface area contributed by atoms with Gasteiger partial charge in [0.15, 0.2) is 0 Å². The van der Waals surface area contributed by atoms with Gasteiger partial charge in [0.05, 0.1) is 18.1 Å². The number of halogens is 2. The van der Waals surface area contributed by atoms with Gasteiger partial charge in [-0.2, -0.15) is 0 Å². The summed E-state index contributed by atoms with van der Waals surface area (Å²) in [6.45, 7) is 2.22. The van der Waals surface area contributed by atoms with Crippen LogP contribution in [0.5, 0.6) is 0 Å². The minimum atomic E-state index is -0.498. The van der Waals surface area contributed by atoms with Crippen LogP contribution in [0, 0.1) is 18.7 Å². The van der Waals surface area contributed by atoms with E-state index in [1.807, 2.05) is 11.8 Å². The van der Waals surface area contributed by atoms with Crippen LogP contribution in [-0.4, -0.2) is 52.7 Å². The van der Waals surface area contributed by atoms with Crippen LogP contribution >= 0.6 is 11.3 Å². The number of thiophene rings is 1. The number of carbonyl (C=O) groups is 1. The second-order valence-corrected chi connectivity index (χ2v) is 9.79. The lowest BCUT2D eigenvalue weighted by atomic mass is 9.91. The molecule has 0 spiro atoms. The number of nitrogens with one attached hydrogen (secondary N) is 1. The highest BCUT2D eigenvalue weighted by molar-refractivity contribution is 7.21. The number of aromatic nitrogens is 3. The van der Waals surface area contributed by atoms with Crippen LogP contribution in [0.2, 0.25) is 0 Å². The summed E-state index contributed by atoms with van der Waals surface area (Å²) in [6.07, 6.45) is 3.11. The standard InChI is InChI=1S/C22H25F2N7OS/c1-10-7-27-19-18(26)20(33-22(19)28-10)21(32)29-12-2-3-16-13(4-12)14(24)5-17(30-16)31-8-11(6-23)15(25)9-31/h5,7,11-12,15H,2-4,6,8-9,25-26H2,1H3,(H,29,32). The summed E-state index contributed by atoms with van der Waals surface area (Å²) >= 11 is 1.20. The maximum absolute atomic E-state index is 15.0. The van der Waals surface area contributed by atoms with Crippen molar-refractivity contribution < 1.29 is 13.6 Å². The van der Waals surface area contributed by atoms with Gasteiger partial charge in [-0.25, -0.2) is 19.3 Å². The van der Waals surface area contributed by atoms with Gasteiger partial charge in [-0.15, -0.1) is 11.3 Å². The summed E-state index contributed by atoms with van der Waals surface area (Å²) in [5.41, 5.74) is 14.9. The number of hydrogen-bond donors (Lipinski definition) is 3. The van der Waals surface area contributed by atoms with E-state index in [0.717, 1.165) is 5.69 Å². The number of nitrogens with two attached hydrogens (primary N) is 2. The molecule has 3 unspecified atom stereocenters. The number of carbonyl (C=O) groups excluding carboxylic acids is 1. The smallest absolute Gasteiger partial charge is 0.263 e. The van der Waals surface area contributed by atoms with Gasteiger partial charge in [-0.05, 0) is 26.2 Å². The molecule has 3 aromatic rings. The summed E-state index contributed by atoms with van der Waals surface area (Å²) in [6, 6.07) is 0.863. The summed E-state index contributed by atoms with van der Waals surface area (Å²) < 4.78 is 28.1. The first-order valence-corrected chi connectivity index (χ1v) is 11.7. The number of nitrogens with zero attached hydrogens (tertiary/aromatic N) is 4. The van der Waals surface area contributed by atoms with Crippen LogP contribution in [0.4, 0.5) is 20.3 Å². The third-order valence-corrected chi connectivity index (χ3v) is 7.52. The highest BCUT2D eigenvalue weighted by atomic mass is 32.1. The van der Waals surface area contributed by atoms with E-state index in [2.05, 4.69) is 20.3 Å². The molecule has 0 bridgehead atoms. The quantitative estimate of drug-likeness (QED) is 0.530. The Balaban J connectivity index is 1.31. The molecule has 1 amide bonds. The maximum Gasteiger partial charge on any atom is 0.263 e. The third-order valence-electron chi connectivity index (χ3n) is 6.44. The number of alkyl halides is 1. The van der Waals surface area contributed by atoms with E-state index in [-0.39, 0.29) is 29.7 Å². The minimum absolute atomic E-state index is 0.240. The Morgan fingerprint density at radius 2 is 2.18 bits per heavy atom. The van der Waals surface area contributed by atoms with Crippen molar-refractivity contribution in [2.45, 2.75) is 38.3 Å². The molecule has 1 aliphatic carbocycles. The number of pyridine rings is 1. The number of aryl methyl sites for hydroxylation is 2. The van der Waals surface area contributed by atoms with E-state index in [9.17, 15) is 9.18 Å². The Kier molecular flexibility index (Phi) is 5.61. The van der Waals surface area contributed by atoms with Crippen LogP contribution in [0.25, 0.3) is 10.3 Å². The lowest BCUT2D eigenvalue weighted by molar-refractivity contribution is 0.0938. The van der Waals surface area contributed by atoms with Crippen LogP contribution in [0.15, 0.2) is 12.3 Å². The zero-order valence-electron chi connectivity index (χ0n) is 18.1. The molecular formula is C22H25F2N7OS. The SMILES string of the molecule is Cc1cnc2c(N)c(C(=O)NC3CCc4nc(N5CC(N)C(CF)C5)cc(F)c4C3)sc2n1. The van der Waals surface area contributed by atoms with E-state index >= 15 is 4.39 Å². The van der Waals surface area contributed by atoms with E-state index in [1.165, 1.54) is 17.4 Å². The van der Waals surface area contributed by atoms with Crippen molar-refractivity contribution in [1.82, 2.24) is 20.3 Å². The predicted octanol–water partition coefficient (Wildman–Crippen LogP) is 2.14. The van der Waals surface area contributed by atoms with Crippen LogP contribution in [0.1, 0.15) is 33.0 Å². The van der Waals surface area contributed by atoms with Gasteiger partial charge in [0.25, 0.3) is 5.91 Å². The fraction of sp³-hybridized carbons (Fsp3) is 0.455. The molecule has 0 aromatic carbocycles. The molecule has 2 aliphatic rings. The van der Waals surface area contributed by atoms with Crippen molar-refractivity contribution in [2.24, 2.45) is 11.7 Å². The lowest BCUT2D eigenvalue weighted by Gasteiger charge is -2.27. The van der Waals surface area contributed by atoms with Crippen LogP contribution in [0.3, 0.4) is 0 Å². The second-order valence-electron chi connectivity index (χ2n) is 8.79. The lowest BCUT2D eigenvalue weighted by Crippen LogP contribution is -2.39. The summed E-state index contributed by atoms with van der Waals surface area (Å²) in [4.78, 5) is 29.0. The number of nitrogen functional groups attached to an aromatic ring is 1. The molecule has 1 fully saturated rings. The molecule has 174 valence electrons. The first-order chi connectivity index (χ1) is 15.8. The first-order valence-electron chi connectivity index (χ1n) is 10.9. The van der Waals surface area contributed by atoms with Crippen molar-refractivity contribution >= 4 is 39.1 Å². The highest BCUT2D eigenvalue weighted by Crippen LogP contribution is 2.32. The van der Waals surface area contributed by atoms with E-state index in [4.69, 9.17) is 11.5 Å². The number of hydrogen-bond acceptors (Lipinski definition) is 8. The molecule has 1 saturated heterocycles. The molecule has 5 rings (SSSR count). The van der Waals surface area contributed by atoms with Gasteiger partial charge in [-0.1, -0.05) is 0 Å². The molecule has 5 N–H and O–H groups in total. The number of rotatable bonds is 4. The average molecular weight is 474 g/mol. The molecule has 3 atom stereocenters.